The first kappa shape index (κ1) is 17.2. The summed E-state index contributed by atoms with van der Waals surface area (Å²) < 4.78 is 6.42. The number of pyridine rings is 1. The third-order valence-corrected chi connectivity index (χ3v) is 6.64. The van der Waals surface area contributed by atoms with E-state index in [1.807, 2.05) is 12.1 Å². The number of hydrogen-bond donors (Lipinski definition) is 2. The van der Waals surface area contributed by atoms with Gasteiger partial charge in [-0.15, -0.1) is 0 Å². The van der Waals surface area contributed by atoms with E-state index in [-0.39, 0.29) is 28.7 Å². The van der Waals surface area contributed by atoms with E-state index in [1.165, 1.54) is 0 Å². The molecule has 1 aliphatic carbocycles. The smallest absolute Gasteiger partial charge is 0.255 e. The van der Waals surface area contributed by atoms with Gasteiger partial charge in [0.05, 0.1) is 5.56 Å². The molecule has 1 aliphatic heterocycles. The summed E-state index contributed by atoms with van der Waals surface area (Å²) in [5, 5.41) is 9.59. The molecule has 1 aromatic carbocycles. The molecular formula is C22H27NO3. The van der Waals surface area contributed by atoms with Gasteiger partial charge in [-0.2, -0.15) is 0 Å². The van der Waals surface area contributed by atoms with Crippen LogP contribution in [0.1, 0.15) is 52.0 Å². The first-order chi connectivity index (χ1) is 12.3. The molecule has 1 aromatic heterocycles. The molecule has 2 aliphatic rings. The summed E-state index contributed by atoms with van der Waals surface area (Å²) in [4.78, 5) is 15.8. The molecule has 4 rings (SSSR count). The minimum atomic E-state index is -0.0370. The Kier molecular flexibility index (Phi) is 3.90. The largest absolute Gasteiger partial charge is 0.508 e. The lowest BCUT2D eigenvalue weighted by Gasteiger charge is -2.53. The summed E-state index contributed by atoms with van der Waals surface area (Å²) in [6, 6.07) is 7.04. The standard InChI is InChI=1S/C22H27NO3/c1-12-9-13(2)19-18-20(26-14(3)22(19,4)10-12)17(11-23-21(18)25)15-5-7-16(24)8-6-15/h5-8,11-14,19,24H,9-10H2,1-4H3,(H,23,25)/t12-,13+,14-,19+,22-/m1/s1. The van der Waals surface area contributed by atoms with Crippen molar-refractivity contribution in [1.82, 2.24) is 4.98 Å². The minimum Gasteiger partial charge on any atom is -0.508 e. The van der Waals surface area contributed by atoms with Crippen molar-refractivity contribution in [3.63, 3.8) is 0 Å². The van der Waals surface area contributed by atoms with Crippen LogP contribution < -0.4 is 10.3 Å². The molecule has 4 heteroatoms. The van der Waals surface area contributed by atoms with Gasteiger partial charge in [0.1, 0.15) is 17.6 Å². The summed E-state index contributed by atoms with van der Waals surface area (Å²) in [5.74, 6) is 2.21. The van der Waals surface area contributed by atoms with Crippen LogP contribution in [0.3, 0.4) is 0 Å². The first-order valence-electron chi connectivity index (χ1n) is 9.53. The van der Waals surface area contributed by atoms with Crippen molar-refractivity contribution >= 4 is 0 Å². The molecule has 138 valence electrons. The van der Waals surface area contributed by atoms with E-state index < -0.39 is 0 Å². The topological polar surface area (TPSA) is 62.3 Å². The average molecular weight is 353 g/mol. The van der Waals surface area contributed by atoms with Crippen LogP contribution in [0.25, 0.3) is 11.1 Å². The highest BCUT2D eigenvalue weighted by Gasteiger charge is 2.53. The summed E-state index contributed by atoms with van der Waals surface area (Å²) in [6.07, 6.45) is 3.99. The Morgan fingerprint density at radius 2 is 1.88 bits per heavy atom. The van der Waals surface area contributed by atoms with Crippen molar-refractivity contribution < 1.29 is 9.84 Å². The van der Waals surface area contributed by atoms with E-state index in [1.54, 1.807) is 18.3 Å². The minimum absolute atomic E-state index is 0.0351. The van der Waals surface area contributed by atoms with Crippen molar-refractivity contribution in [2.75, 3.05) is 0 Å². The van der Waals surface area contributed by atoms with E-state index in [4.69, 9.17) is 4.74 Å². The Hall–Kier alpha value is -2.23. The number of aromatic amines is 1. The van der Waals surface area contributed by atoms with Crippen molar-refractivity contribution in [2.45, 2.75) is 52.6 Å². The molecule has 0 amide bonds. The van der Waals surface area contributed by atoms with E-state index in [9.17, 15) is 9.90 Å². The lowest BCUT2D eigenvalue weighted by Crippen LogP contribution is -2.51. The Morgan fingerprint density at radius 3 is 2.58 bits per heavy atom. The third kappa shape index (κ3) is 2.46. The quantitative estimate of drug-likeness (QED) is 0.782. The second-order valence-corrected chi connectivity index (χ2v) is 8.59. The normalized spacial score (nSPS) is 33.1. The van der Waals surface area contributed by atoms with Gasteiger partial charge in [0.15, 0.2) is 0 Å². The Morgan fingerprint density at radius 1 is 1.19 bits per heavy atom. The Balaban J connectivity index is 1.93. The zero-order valence-electron chi connectivity index (χ0n) is 15.9. The van der Waals surface area contributed by atoms with Crippen molar-refractivity contribution in [3.8, 4) is 22.6 Å². The van der Waals surface area contributed by atoms with Crippen molar-refractivity contribution in [1.29, 1.82) is 0 Å². The number of aromatic hydroxyl groups is 1. The second-order valence-electron chi connectivity index (χ2n) is 8.59. The maximum absolute atomic E-state index is 12.9. The van der Waals surface area contributed by atoms with Gasteiger partial charge in [-0.3, -0.25) is 4.79 Å². The predicted octanol–water partition coefficient (Wildman–Crippen LogP) is 4.68. The summed E-state index contributed by atoms with van der Waals surface area (Å²) >= 11 is 0. The monoisotopic (exact) mass is 353 g/mol. The van der Waals surface area contributed by atoms with Crippen LogP contribution in [0.15, 0.2) is 35.3 Å². The molecule has 1 fully saturated rings. The van der Waals surface area contributed by atoms with Crippen LogP contribution in [0.2, 0.25) is 0 Å². The fourth-order valence-corrected chi connectivity index (χ4v) is 5.52. The molecule has 26 heavy (non-hydrogen) atoms. The third-order valence-electron chi connectivity index (χ3n) is 6.64. The average Bonchev–Trinajstić information content (AvgIpc) is 2.57. The Labute approximate surface area is 154 Å². The van der Waals surface area contributed by atoms with E-state index >= 15 is 0 Å². The van der Waals surface area contributed by atoms with Crippen molar-refractivity contribution in [3.05, 3.63) is 46.4 Å². The second kappa shape index (κ2) is 5.90. The van der Waals surface area contributed by atoms with Crippen LogP contribution in [0, 0.1) is 17.3 Å². The summed E-state index contributed by atoms with van der Waals surface area (Å²) in [5.41, 5.74) is 2.55. The molecule has 5 atom stereocenters. The summed E-state index contributed by atoms with van der Waals surface area (Å²) in [7, 11) is 0. The number of rotatable bonds is 1. The van der Waals surface area contributed by atoms with E-state index in [0.29, 0.717) is 11.8 Å². The number of phenols is 1. The lowest BCUT2D eigenvalue weighted by molar-refractivity contribution is -0.0351. The van der Waals surface area contributed by atoms with Gasteiger partial charge < -0.3 is 14.8 Å². The molecule has 0 bridgehead atoms. The molecule has 4 nitrogen and oxygen atoms in total. The Bertz CT molecular complexity index is 885. The number of hydrogen-bond acceptors (Lipinski definition) is 3. The van der Waals surface area contributed by atoms with Gasteiger partial charge in [-0.1, -0.05) is 32.9 Å². The number of aromatic nitrogens is 1. The fourth-order valence-electron chi connectivity index (χ4n) is 5.52. The highest BCUT2D eigenvalue weighted by Crippen LogP contribution is 2.59. The van der Waals surface area contributed by atoms with Crippen LogP contribution in [-0.4, -0.2) is 16.2 Å². The highest BCUT2D eigenvalue weighted by molar-refractivity contribution is 5.72. The molecule has 0 saturated heterocycles. The highest BCUT2D eigenvalue weighted by atomic mass is 16.5. The molecular weight excluding hydrogens is 326 g/mol. The number of fused-ring (bicyclic) bond motifs is 3. The maximum atomic E-state index is 12.9. The molecule has 1 saturated carbocycles. The number of H-pyrrole nitrogens is 1. The number of ether oxygens (including phenoxy) is 1. The predicted molar refractivity (Wildman–Crippen MR) is 103 cm³/mol. The van der Waals surface area contributed by atoms with Crippen molar-refractivity contribution in [2.24, 2.45) is 17.3 Å². The summed E-state index contributed by atoms with van der Waals surface area (Å²) in [6.45, 7) is 9.00. The van der Waals surface area contributed by atoms with Crippen LogP contribution in [0.4, 0.5) is 0 Å². The van der Waals surface area contributed by atoms with Gasteiger partial charge in [0.2, 0.25) is 0 Å². The van der Waals surface area contributed by atoms with Gasteiger partial charge in [-0.05, 0) is 49.3 Å². The fraction of sp³-hybridized carbons (Fsp3) is 0.500. The van der Waals surface area contributed by atoms with Crippen LogP contribution >= 0.6 is 0 Å². The molecule has 2 N–H and O–H groups in total. The number of phenolic OH excluding ortho intramolecular Hbond substituents is 1. The zero-order chi connectivity index (χ0) is 18.6. The number of benzene rings is 1. The van der Waals surface area contributed by atoms with Crippen LogP contribution in [-0.2, 0) is 0 Å². The lowest BCUT2D eigenvalue weighted by atomic mass is 9.55. The van der Waals surface area contributed by atoms with Gasteiger partial charge >= 0.3 is 0 Å². The molecule has 0 spiro atoms. The van der Waals surface area contributed by atoms with Gasteiger partial charge in [-0.25, -0.2) is 0 Å². The molecule has 0 radical (unpaired) electrons. The van der Waals surface area contributed by atoms with Gasteiger partial charge in [0, 0.05) is 23.1 Å². The number of nitrogens with one attached hydrogen (secondary N) is 1. The zero-order valence-corrected chi connectivity index (χ0v) is 15.9. The maximum Gasteiger partial charge on any atom is 0.255 e. The first-order valence-corrected chi connectivity index (χ1v) is 9.53. The van der Waals surface area contributed by atoms with E-state index in [0.717, 1.165) is 35.3 Å². The molecule has 2 heterocycles. The van der Waals surface area contributed by atoms with Gasteiger partial charge in [0.25, 0.3) is 5.56 Å². The van der Waals surface area contributed by atoms with E-state index in [2.05, 4.69) is 32.7 Å². The molecule has 0 unspecified atom stereocenters. The SMILES string of the molecule is C[C@@H]1C[C@H](C)[C@H]2c3c(c(-c4ccc(O)cc4)c[nH]c3=O)O[C@H](C)[C@@]2(C)C1. The molecule has 2 aromatic rings. The van der Waals surface area contributed by atoms with Crippen LogP contribution in [0.5, 0.6) is 11.5 Å².